The molecule has 1 aliphatic heterocycles. The molecule has 1 aliphatic rings. The molecule has 0 aliphatic carbocycles. The Morgan fingerprint density at radius 3 is 2.85 bits per heavy atom. The molecule has 8 heteroatoms. The smallest absolute Gasteiger partial charge is 0.263 e. The maximum atomic E-state index is 12.8. The lowest BCUT2D eigenvalue weighted by atomic mass is 10.1. The molecule has 1 saturated heterocycles. The summed E-state index contributed by atoms with van der Waals surface area (Å²) >= 11 is 0. The maximum Gasteiger partial charge on any atom is 0.263 e. The fourth-order valence-electron chi connectivity index (χ4n) is 3.01. The van der Waals surface area contributed by atoms with E-state index in [9.17, 15) is 9.59 Å². The van der Waals surface area contributed by atoms with Crippen LogP contribution in [0.1, 0.15) is 23.2 Å². The minimum atomic E-state index is -0.288. The molecule has 2 aromatic rings. The van der Waals surface area contributed by atoms with Crippen LogP contribution >= 0.6 is 0 Å². The Bertz CT molecular complexity index is 849. The van der Waals surface area contributed by atoms with Crippen LogP contribution in [0.15, 0.2) is 35.5 Å². The van der Waals surface area contributed by atoms with Crippen molar-refractivity contribution in [2.24, 2.45) is 7.05 Å². The lowest BCUT2D eigenvalue weighted by molar-refractivity contribution is 0.0526. The van der Waals surface area contributed by atoms with Gasteiger partial charge in [0.15, 0.2) is 5.82 Å². The zero-order valence-corrected chi connectivity index (χ0v) is 15.3. The van der Waals surface area contributed by atoms with Gasteiger partial charge in [-0.2, -0.15) is 0 Å². The highest BCUT2D eigenvalue weighted by molar-refractivity contribution is 5.93. The summed E-state index contributed by atoms with van der Waals surface area (Å²) in [4.78, 5) is 37.0. The average molecular weight is 357 g/mol. The SMILES string of the molecule is CN(C)c1nccnc1OC1CCCN(C(=O)c2cccn(C)c2=O)C1. The van der Waals surface area contributed by atoms with Gasteiger partial charge in [-0.05, 0) is 25.0 Å². The van der Waals surface area contributed by atoms with Crippen LogP contribution in [0, 0.1) is 0 Å². The number of anilines is 1. The number of ether oxygens (including phenoxy) is 1. The van der Waals surface area contributed by atoms with Crippen LogP contribution in [0.25, 0.3) is 0 Å². The Kier molecular flexibility index (Phi) is 5.20. The molecule has 0 bridgehead atoms. The van der Waals surface area contributed by atoms with Crippen molar-refractivity contribution in [3.63, 3.8) is 0 Å². The molecule has 0 N–H and O–H groups in total. The van der Waals surface area contributed by atoms with E-state index in [1.807, 2.05) is 19.0 Å². The van der Waals surface area contributed by atoms with Gasteiger partial charge in [0.1, 0.15) is 11.7 Å². The van der Waals surface area contributed by atoms with Crippen LogP contribution in [0.3, 0.4) is 0 Å². The number of hydrogen-bond acceptors (Lipinski definition) is 6. The van der Waals surface area contributed by atoms with Gasteiger partial charge in [-0.3, -0.25) is 9.59 Å². The van der Waals surface area contributed by atoms with E-state index in [1.165, 1.54) is 4.57 Å². The lowest BCUT2D eigenvalue weighted by Crippen LogP contribution is -2.46. The van der Waals surface area contributed by atoms with Crippen molar-refractivity contribution in [3.8, 4) is 5.88 Å². The molecule has 1 fully saturated rings. The predicted molar refractivity (Wildman–Crippen MR) is 97.6 cm³/mol. The van der Waals surface area contributed by atoms with Gasteiger partial charge in [0.05, 0.1) is 6.54 Å². The number of hydrogen-bond donors (Lipinski definition) is 0. The fourth-order valence-corrected chi connectivity index (χ4v) is 3.01. The number of carbonyl (C=O) groups excluding carboxylic acids is 1. The molecule has 0 aromatic carbocycles. The molecule has 0 saturated carbocycles. The first-order valence-corrected chi connectivity index (χ1v) is 8.57. The Morgan fingerprint density at radius 2 is 2.08 bits per heavy atom. The third kappa shape index (κ3) is 3.68. The summed E-state index contributed by atoms with van der Waals surface area (Å²) < 4.78 is 7.44. The first-order chi connectivity index (χ1) is 12.5. The van der Waals surface area contributed by atoms with Crippen molar-refractivity contribution in [1.29, 1.82) is 0 Å². The van der Waals surface area contributed by atoms with Crippen LogP contribution in [0.5, 0.6) is 5.88 Å². The molecule has 2 aromatic heterocycles. The number of aryl methyl sites for hydroxylation is 1. The third-order valence-electron chi connectivity index (χ3n) is 4.37. The van der Waals surface area contributed by atoms with Gasteiger partial charge in [0.25, 0.3) is 17.3 Å². The van der Waals surface area contributed by atoms with Gasteiger partial charge >= 0.3 is 0 Å². The second kappa shape index (κ2) is 7.55. The number of rotatable bonds is 4. The molecule has 1 atom stereocenters. The lowest BCUT2D eigenvalue weighted by Gasteiger charge is -2.33. The van der Waals surface area contributed by atoms with Gasteiger partial charge in [-0.15, -0.1) is 0 Å². The van der Waals surface area contributed by atoms with Gasteiger partial charge in [-0.25, -0.2) is 9.97 Å². The van der Waals surface area contributed by atoms with E-state index in [-0.39, 0.29) is 23.1 Å². The Hall–Kier alpha value is -2.90. The molecule has 0 radical (unpaired) electrons. The normalized spacial score (nSPS) is 17.0. The quantitative estimate of drug-likeness (QED) is 0.810. The van der Waals surface area contributed by atoms with Gasteiger partial charge < -0.3 is 19.1 Å². The van der Waals surface area contributed by atoms with Crippen molar-refractivity contribution < 1.29 is 9.53 Å². The van der Waals surface area contributed by atoms with Crippen molar-refractivity contribution in [3.05, 3.63) is 46.6 Å². The predicted octanol–water partition coefficient (Wildman–Crippen LogP) is 0.925. The maximum absolute atomic E-state index is 12.8. The number of amides is 1. The standard InChI is InChI=1S/C18H23N5O3/c1-21(2)15-16(20-9-8-19-15)26-13-6-4-11-23(12-13)18(25)14-7-5-10-22(3)17(14)24/h5,7-10,13H,4,6,11-12H2,1-3H3. The van der Waals surface area contributed by atoms with E-state index in [0.29, 0.717) is 24.8 Å². The summed E-state index contributed by atoms with van der Waals surface area (Å²) in [6.45, 7) is 1.03. The first-order valence-electron chi connectivity index (χ1n) is 8.57. The largest absolute Gasteiger partial charge is 0.470 e. The van der Waals surface area contributed by atoms with E-state index in [4.69, 9.17) is 4.74 Å². The summed E-state index contributed by atoms with van der Waals surface area (Å²) in [5, 5.41) is 0. The van der Waals surface area contributed by atoms with Crippen molar-refractivity contribution >= 4 is 11.7 Å². The number of nitrogens with zero attached hydrogens (tertiary/aromatic N) is 5. The number of piperidine rings is 1. The van der Waals surface area contributed by atoms with Crippen LogP contribution in [0.4, 0.5) is 5.82 Å². The van der Waals surface area contributed by atoms with Crippen LogP contribution in [-0.2, 0) is 7.05 Å². The molecule has 0 spiro atoms. The monoisotopic (exact) mass is 357 g/mol. The summed E-state index contributed by atoms with van der Waals surface area (Å²) in [7, 11) is 5.38. The van der Waals surface area contributed by atoms with Crippen molar-refractivity contribution in [1.82, 2.24) is 19.4 Å². The molecule has 1 amide bonds. The average Bonchev–Trinajstić information content (AvgIpc) is 2.64. The minimum Gasteiger partial charge on any atom is -0.470 e. The highest BCUT2D eigenvalue weighted by atomic mass is 16.5. The summed E-state index contributed by atoms with van der Waals surface area (Å²) in [5.41, 5.74) is -0.103. The Morgan fingerprint density at radius 1 is 1.31 bits per heavy atom. The summed E-state index contributed by atoms with van der Waals surface area (Å²) in [6, 6.07) is 3.28. The van der Waals surface area contributed by atoms with Crippen LogP contribution in [-0.4, -0.2) is 58.6 Å². The number of carbonyl (C=O) groups is 1. The zero-order valence-electron chi connectivity index (χ0n) is 15.3. The van der Waals surface area contributed by atoms with Crippen LogP contribution < -0.4 is 15.2 Å². The van der Waals surface area contributed by atoms with Gasteiger partial charge in [0.2, 0.25) is 0 Å². The first kappa shape index (κ1) is 17.9. The van der Waals surface area contributed by atoms with Crippen molar-refractivity contribution in [2.75, 3.05) is 32.1 Å². The van der Waals surface area contributed by atoms with Gasteiger partial charge in [0, 0.05) is 46.3 Å². The molecular weight excluding hydrogens is 334 g/mol. The highest BCUT2D eigenvalue weighted by Gasteiger charge is 2.28. The van der Waals surface area contributed by atoms with Crippen LogP contribution in [0.2, 0.25) is 0 Å². The van der Waals surface area contributed by atoms with E-state index >= 15 is 0 Å². The molecule has 138 valence electrons. The van der Waals surface area contributed by atoms with Crippen molar-refractivity contribution in [2.45, 2.75) is 18.9 Å². The minimum absolute atomic E-state index is 0.184. The second-order valence-electron chi connectivity index (χ2n) is 6.55. The number of pyridine rings is 1. The Labute approximate surface area is 152 Å². The molecular formula is C18H23N5O3. The van der Waals surface area contributed by atoms with E-state index in [0.717, 1.165) is 12.8 Å². The zero-order chi connectivity index (χ0) is 18.7. The molecule has 3 rings (SSSR count). The fraction of sp³-hybridized carbons (Fsp3) is 0.444. The van der Waals surface area contributed by atoms with E-state index in [2.05, 4.69) is 9.97 Å². The van der Waals surface area contributed by atoms with E-state index < -0.39 is 0 Å². The molecule has 8 nitrogen and oxygen atoms in total. The molecule has 26 heavy (non-hydrogen) atoms. The molecule has 3 heterocycles. The Balaban J connectivity index is 1.75. The third-order valence-corrected chi connectivity index (χ3v) is 4.37. The summed E-state index contributed by atoms with van der Waals surface area (Å²) in [5.74, 6) is 0.840. The van der Waals surface area contributed by atoms with E-state index in [1.54, 1.807) is 42.7 Å². The van der Waals surface area contributed by atoms with Gasteiger partial charge in [-0.1, -0.05) is 0 Å². The molecule has 1 unspecified atom stereocenters. The summed E-state index contributed by atoms with van der Waals surface area (Å²) in [6.07, 6.45) is 6.28. The second-order valence-corrected chi connectivity index (χ2v) is 6.55. The topological polar surface area (TPSA) is 80.6 Å². The highest BCUT2D eigenvalue weighted by Crippen LogP contribution is 2.24. The number of likely N-dealkylation sites (tertiary alicyclic amines) is 1. The number of aromatic nitrogens is 3.